The lowest BCUT2D eigenvalue weighted by Crippen LogP contribution is -2.22. The third kappa shape index (κ3) is 1.33. The van der Waals surface area contributed by atoms with Crippen LogP contribution in [0.4, 0.5) is 0 Å². The molecule has 2 aliphatic heterocycles. The van der Waals surface area contributed by atoms with Gasteiger partial charge in [-0.25, -0.2) is 0 Å². The Morgan fingerprint density at radius 1 is 1.60 bits per heavy atom. The Morgan fingerprint density at radius 2 is 2.47 bits per heavy atom. The van der Waals surface area contributed by atoms with Crippen LogP contribution in [0.15, 0.2) is 16.4 Å². The summed E-state index contributed by atoms with van der Waals surface area (Å²) in [5, 5.41) is 2.23. The largest absolute Gasteiger partial charge is 0.346 e. The average molecular weight is 220 g/mol. The van der Waals surface area contributed by atoms with E-state index in [4.69, 9.17) is 0 Å². The molecule has 0 N–H and O–H groups in total. The van der Waals surface area contributed by atoms with Crippen molar-refractivity contribution < 1.29 is 0 Å². The van der Waals surface area contributed by atoms with E-state index in [1.54, 1.807) is 4.88 Å². The summed E-state index contributed by atoms with van der Waals surface area (Å²) in [6.07, 6.45) is 3.31. The monoisotopic (exact) mass is 220 g/mol. The van der Waals surface area contributed by atoms with Gasteiger partial charge in [-0.05, 0) is 29.3 Å². The van der Waals surface area contributed by atoms with Gasteiger partial charge in [0.1, 0.15) is 0 Å². The predicted molar refractivity (Wildman–Crippen MR) is 64.5 cm³/mol. The lowest BCUT2D eigenvalue weighted by molar-refractivity contribution is 0.276. The van der Waals surface area contributed by atoms with Crippen molar-refractivity contribution in [3.8, 4) is 0 Å². The molecule has 2 atom stereocenters. The summed E-state index contributed by atoms with van der Waals surface area (Å²) in [4.78, 5) is 8.45. The maximum atomic E-state index is 4.41. The number of hydrogen-bond donors (Lipinski definition) is 0. The molecule has 0 saturated heterocycles. The fourth-order valence-corrected chi connectivity index (χ4v) is 3.74. The number of fused-ring (bicyclic) bond motifs is 3. The van der Waals surface area contributed by atoms with Gasteiger partial charge in [0.05, 0.1) is 25.0 Å². The molecule has 0 aromatic carbocycles. The smallest absolute Gasteiger partial charge is 0.0862 e. The second-order valence-corrected chi connectivity index (χ2v) is 5.78. The molecule has 2 nitrogen and oxygen atoms in total. The molecule has 1 unspecified atom stereocenters. The van der Waals surface area contributed by atoms with Crippen LogP contribution in [0.1, 0.15) is 42.8 Å². The molecule has 0 aliphatic carbocycles. The maximum Gasteiger partial charge on any atom is 0.0862 e. The highest BCUT2D eigenvalue weighted by Gasteiger charge is 2.39. The van der Waals surface area contributed by atoms with Gasteiger partial charge in [-0.3, -0.25) is 4.99 Å². The Bertz CT molecular complexity index is 394. The van der Waals surface area contributed by atoms with Gasteiger partial charge in [-0.2, -0.15) is 0 Å². The maximum absolute atomic E-state index is 4.41. The van der Waals surface area contributed by atoms with E-state index >= 15 is 0 Å². The van der Waals surface area contributed by atoms with E-state index in [2.05, 4.69) is 41.5 Å². The topological polar surface area (TPSA) is 15.6 Å². The van der Waals surface area contributed by atoms with Crippen molar-refractivity contribution in [2.45, 2.75) is 32.4 Å². The van der Waals surface area contributed by atoms with Crippen LogP contribution in [0.3, 0.4) is 0 Å². The molecule has 3 heterocycles. The van der Waals surface area contributed by atoms with Crippen molar-refractivity contribution >= 4 is 17.7 Å². The summed E-state index contributed by atoms with van der Waals surface area (Å²) in [6.45, 7) is 5.56. The van der Waals surface area contributed by atoms with Crippen LogP contribution >= 0.6 is 11.3 Å². The van der Waals surface area contributed by atoms with Gasteiger partial charge in [0.15, 0.2) is 0 Å². The zero-order valence-corrected chi connectivity index (χ0v) is 10.00. The van der Waals surface area contributed by atoms with Crippen LogP contribution < -0.4 is 0 Å². The second-order valence-electron chi connectivity index (χ2n) is 4.83. The van der Waals surface area contributed by atoms with Crippen LogP contribution in [-0.4, -0.2) is 17.8 Å². The first-order chi connectivity index (χ1) is 7.27. The Morgan fingerprint density at radius 3 is 3.27 bits per heavy atom. The number of aliphatic imine (C=N–C) groups is 1. The molecule has 0 saturated carbocycles. The van der Waals surface area contributed by atoms with Crippen molar-refractivity contribution in [2.75, 3.05) is 6.54 Å². The Balaban J connectivity index is 1.96. The van der Waals surface area contributed by atoms with Crippen LogP contribution in [0.25, 0.3) is 0 Å². The number of nitrogens with zero attached hydrogens (tertiary/aromatic N) is 2. The molecular weight excluding hydrogens is 204 g/mol. The third-order valence-electron chi connectivity index (χ3n) is 3.30. The zero-order chi connectivity index (χ0) is 10.4. The van der Waals surface area contributed by atoms with Gasteiger partial charge in [-0.1, -0.05) is 13.8 Å². The molecule has 1 aromatic heterocycles. The highest BCUT2D eigenvalue weighted by molar-refractivity contribution is 7.10. The molecule has 0 fully saturated rings. The molecule has 1 aromatic rings. The summed E-state index contributed by atoms with van der Waals surface area (Å²) in [5.74, 6) is 0.748. The van der Waals surface area contributed by atoms with Crippen molar-refractivity contribution in [3.05, 3.63) is 21.9 Å². The van der Waals surface area contributed by atoms with Crippen molar-refractivity contribution in [1.29, 1.82) is 0 Å². The summed E-state index contributed by atoms with van der Waals surface area (Å²) in [7, 11) is 0. The summed E-state index contributed by atoms with van der Waals surface area (Å²) < 4.78 is 0. The van der Waals surface area contributed by atoms with E-state index in [9.17, 15) is 0 Å². The molecule has 3 heteroatoms. The Kier molecular flexibility index (Phi) is 2.09. The average Bonchev–Trinajstić information content (AvgIpc) is 2.83. The summed E-state index contributed by atoms with van der Waals surface area (Å²) >= 11 is 1.92. The number of thiophene rings is 1. The van der Waals surface area contributed by atoms with Crippen molar-refractivity contribution in [1.82, 2.24) is 4.90 Å². The zero-order valence-electron chi connectivity index (χ0n) is 9.18. The molecule has 0 amide bonds. The lowest BCUT2D eigenvalue weighted by atomic mass is 10.0. The quantitative estimate of drug-likeness (QED) is 0.747. The third-order valence-corrected chi connectivity index (χ3v) is 4.33. The first-order valence-electron chi connectivity index (χ1n) is 5.62. The van der Waals surface area contributed by atoms with Gasteiger partial charge in [-0.15, -0.1) is 11.3 Å². The fraction of sp³-hybridized carbons (Fsp3) is 0.583. The summed E-state index contributed by atoms with van der Waals surface area (Å²) in [6, 6.07) is 3.43. The molecule has 0 radical (unpaired) electrons. The van der Waals surface area contributed by atoms with Crippen LogP contribution in [0.2, 0.25) is 0 Å². The van der Waals surface area contributed by atoms with Crippen LogP contribution in [0, 0.1) is 5.92 Å². The molecule has 2 aliphatic rings. The van der Waals surface area contributed by atoms with Crippen molar-refractivity contribution in [3.63, 3.8) is 0 Å². The molecule has 3 rings (SSSR count). The highest BCUT2D eigenvalue weighted by atomic mass is 32.1. The second kappa shape index (κ2) is 3.34. The first-order valence-corrected chi connectivity index (χ1v) is 6.50. The number of hydrogen-bond acceptors (Lipinski definition) is 3. The van der Waals surface area contributed by atoms with Gasteiger partial charge < -0.3 is 4.90 Å². The van der Waals surface area contributed by atoms with E-state index in [-0.39, 0.29) is 0 Å². The minimum atomic E-state index is 0.551. The molecule has 80 valence electrons. The van der Waals surface area contributed by atoms with E-state index in [0.29, 0.717) is 12.1 Å². The van der Waals surface area contributed by atoms with Gasteiger partial charge in [0.25, 0.3) is 0 Å². The highest BCUT2D eigenvalue weighted by Crippen LogP contribution is 2.48. The van der Waals surface area contributed by atoms with E-state index < -0.39 is 0 Å². The number of rotatable bonds is 2. The first kappa shape index (κ1) is 9.40. The van der Waals surface area contributed by atoms with Gasteiger partial charge in [0.2, 0.25) is 0 Å². The summed E-state index contributed by atoms with van der Waals surface area (Å²) in [5.41, 5.74) is 1.53. The van der Waals surface area contributed by atoms with Gasteiger partial charge >= 0.3 is 0 Å². The standard InChI is InChI=1S/C12H16N2S/c1-8(2)5-10-12-9(3-4-15-12)11-6-13-7-14(10)11/h3-4,7-8,10-11H,5-6H2,1-2H3/t10-,11?/m0/s1. The molecule has 0 spiro atoms. The fourth-order valence-electron chi connectivity index (χ4n) is 2.66. The van der Waals surface area contributed by atoms with Crippen molar-refractivity contribution in [2.24, 2.45) is 10.9 Å². The lowest BCUT2D eigenvalue weighted by Gasteiger charge is -2.25. The van der Waals surface area contributed by atoms with Gasteiger partial charge in [0, 0.05) is 4.88 Å². The van der Waals surface area contributed by atoms with E-state index in [0.717, 1.165) is 12.5 Å². The van der Waals surface area contributed by atoms with E-state index in [1.165, 1.54) is 12.0 Å². The van der Waals surface area contributed by atoms with Crippen LogP contribution in [-0.2, 0) is 0 Å². The van der Waals surface area contributed by atoms with E-state index in [1.807, 2.05) is 11.3 Å². The predicted octanol–water partition coefficient (Wildman–Crippen LogP) is 3.23. The minimum absolute atomic E-state index is 0.551. The normalized spacial score (nSPS) is 27.5. The minimum Gasteiger partial charge on any atom is -0.346 e. The van der Waals surface area contributed by atoms with Crippen LogP contribution in [0.5, 0.6) is 0 Å². The molecular formula is C12H16N2S. The SMILES string of the molecule is CC(C)C[C@H]1c2sccc2C2CN=CN21. The molecule has 15 heavy (non-hydrogen) atoms. The Hall–Kier alpha value is -0.830. The Labute approximate surface area is 94.6 Å². The molecule has 0 bridgehead atoms.